The highest BCUT2D eigenvalue weighted by Crippen LogP contribution is 2.18. The van der Waals surface area contributed by atoms with Crippen molar-refractivity contribution >= 4 is 23.6 Å². The fraction of sp³-hybridized carbons (Fsp3) is 0.200. The van der Waals surface area contributed by atoms with E-state index in [1.54, 1.807) is 0 Å². The van der Waals surface area contributed by atoms with E-state index in [0.29, 0.717) is 0 Å². The molecule has 17 heavy (non-hydrogen) atoms. The van der Waals surface area contributed by atoms with Crippen molar-refractivity contribution in [3.63, 3.8) is 0 Å². The second-order valence-electron chi connectivity index (χ2n) is 4.55. The number of rotatable bonds is 4. The van der Waals surface area contributed by atoms with Crippen LogP contribution in [0.2, 0.25) is 12.6 Å². The Morgan fingerprint density at radius 2 is 1.41 bits per heavy atom. The highest BCUT2D eigenvalue weighted by atomic mass is 35.6. The van der Waals surface area contributed by atoms with Crippen LogP contribution in [0.15, 0.2) is 60.7 Å². The predicted octanol–water partition coefficient (Wildman–Crippen LogP) is 3.95. The van der Waals surface area contributed by atoms with Crippen molar-refractivity contribution in [3.8, 4) is 0 Å². The molecule has 0 N–H and O–H groups in total. The zero-order chi connectivity index (χ0) is 12.1. The standard InChI is InChI=1S/C15H17ClSi/c1-17(16,15-10-6-3-7-11-15)13-12-14-8-4-2-5-9-14/h2-11H,12-13H2,1H3. The summed E-state index contributed by atoms with van der Waals surface area (Å²) in [7, 11) is -1.79. The summed E-state index contributed by atoms with van der Waals surface area (Å²) in [5, 5.41) is 1.33. The highest BCUT2D eigenvalue weighted by Gasteiger charge is 2.26. The SMILES string of the molecule is C[Si](Cl)(CCc1ccccc1)c1ccccc1. The summed E-state index contributed by atoms with van der Waals surface area (Å²) >= 11 is 6.75. The van der Waals surface area contributed by atoms with Gasteiger partial charge in [-0.3, -0.25) is 0 Å². The van der Waals surface area contributed by atoms with Gasteiger partial charge in [-0.15, -0.1) is 0 Å². The minimum Gasteiger partial charge on any atom is -0.161 e. The third-order valence-electron chi connectivity index (χ3n) is 3.10. The van der Waals surface area contributed by atoms with Gasteiger partial charge in [0.15, 0.2) is 7.38 Å². The Balaban J connectivity index is 2.03. The summed E-state index contributed by atoms with van der Waals surface area (Å²) in [6, 6.07) is 22.2. The molecule has 0 aliphatic carbocycles. The first kappa shape index (κ1) is 12.4. The maximum absolute atomic E-state index is 6.75. The molecule has 1 atom stereocenters. The van der Waals surface area contributed by atoms with E-state index < -0.39 is 7.38 Å². The lowest BCUT2D eigenvalue weighted by Gasteiger charge is -2.19. The number of hydrogen-bond acceptors (Lipinski definition) is 0. The van der Waals surface area contributed by atoms with Crippen LogP contribution in [-0.2, 0) is 6.42 Å². The monoisotopic (exact) mass is 260 g/mol. The van der Waals surface area contributed by atoms with Gasteiger partial charge in [0.05, 0.1) is 0 Å². The van der Waals surface area contributed by atoms with Crippen molar-refractivity contribution < 1.29 is 0 Å². The Kier molecular flexibility index (Phi) is 4.03. The lowest BCUT2D eigenvalue weighted by Crippen LogP contribution is -2.38. The largest absolute Gasteiger partial charge is 0.184 e. The molecule has 0 saturated heterocycles. The van der Waals surface area contributed by atoms with Crippen LogP contribution in [0.25, 0.3) is 0 Å². The quantitative estimate of drug-likeness (QED) is 0.577. The maximum atomic E-state index is 6.75. The molecular formula is C15H17ClSi. The van der Waals surface area contributed by atoms with E-state index >= 15 is 0 Å². The van der Waals surface area contributed by atoms with E-state index in [9.17, 15) is 0 Å². The van der Waals surface area contributed by atoms with Crippen molar-refractivity contribution in [1.29, 1.82) is 0 Å². The van der Waals surface area contributed by atoms with Gasteiger partial charge in [0.1, 0.15) is 0 Å². The van der Waals surface area contributed by atoms with Crippen LogP contribution < -0.4 is 5.19 Å². The van der Waals surface area contributed by atoms with Gasteiger partial charge in [-0.2, -0.15) is 11.1 Å². The van der Waals surface area contributed by atoms with Crippen LogP contribution in [0, 0.1) is 0 Å². The Morgan fingerprint density at radius 3 is 2.00 bits per heavy atom. The van der Waals surface area contributed by atoms with E-state index in [2.05, 4.69) is 61.1 Å². The Bertz CT molecular complexity index is 451. The maximum Gasteiger partial charge on any atom is 0.184 e. The van der Waals surface area contributed by atoms with Crippen molar-refractivity contribution in [2.75, 3.05) is 0 Å². The molecule has 2 heteroatoms. The summed E-state index contributed by atoms with van der Waals surface area (Å²) in [6.07, 6.45) is 1.07. The molecule has 0 bridgehead atoms. The fourth-order valence-corrected chi connectivity index (χ4v) is 4.55. The van der Waals surface area contributed by atoms with Crippen LogP contribution in [0.3, 0.4) is 0 Å². The molecule has 1 unspecified atom stereocenters. The Morgan fingerprint density at radius 1 is 0.882 bits per heavy atom. The smallest absolute Gasteiger partial charge is 0.161 e. The first-order valence-corrected chi connectivity index (χ1v) is 9.69. The summed E-state index contributed by atoms with van der Waals surface area (Å²) in [6.45, 7) is 2.23. The number of aryl methyl sites for hydroxylation is 1. The molecule has 2 aromatic carbocycles. The number of halogens is 1. The average molecular weight is 261 g/mol. The topological polar surface area (TPSA) is 0 Å². The van der Waals surface area contributed by atoms with E-state index in [4.69, 9.17) is 11.1 Å². The summed E-state index contributed by atoms with van der Waals surface area (Å²) in [4.78, 5) is 0. The molecule has 0 heterocycles. The summed E-state index contributed by atoms with van der Waals surface area (Å²) in [5.74, 6) is 0. The van der Waals surface area contributed by atoms with Crippen LogP contribution in [0.1, 0.15) is 5.56 Å². The predicted molar refractivity (Wildman–Crippen MR) is 78.5 cm³/mol. The normalized spacial score (nSPS) is 14.2. The molecule has 0 saturated carbocycles. The highest BCUT2D eigenvalue weighted by molar-refractivity contribution is 7.26. The molecule has 0 aliphatic rings. The average Bonchev–Trinajstić information content (AvgIpc) is 2.39. The van der Waals surface area contributed by atoms with Gasteiger partial charge in [0.25, 0.3) is 0 Å². The molecule has 0 aliphatic heterocycles. The van der Waals surface area contributed by atoms with Gasteiger partial charge in [0, 0.05) is 0 Å². The third kappa shape index (κ3) is 3.45. The van der Waals surface area contributed by atoms with Crippen LogP contribution in [0.5, 0.6) is 0 Å². The van der Waals surface area contributed by atoms with E-state index in [1.807, 2.05) is 6.07 Å². The van der Waals surface area contributed by atoms with E-state index in [1.165, 1.54) is 10.8 Å². The van der Waals surface area contributed by atoms with Gasteiger partial charge in [-0.25, -0.2) is 0 Å². The van der Waals surface area contributed by atoms with Gasteiger partial charge in [0.2, 0.25) is 0 Å². The third-order valence-corrected chi connectivity index (χ3v) is 7.05. The fourth-order valence-electron chi connectivity index (χ4n) is 1.95. The minimum absolute atomic E-state index is 1.07. The molecule has 0 fully saturated rings. The molecular weight excluding hydrogens is 244 g/mol. The number of hydrogen-bond donors (Lipinski definition) is 0. The Labute approximate surface area is 109 Å². The lowest BCUT2D eigenvalue weighted by atomic mass is 10.2. The molecule has 0 spiro atoms. The van der Waals surface area contributed by atoms with E-state index in [-0.39, 0.29) is 0 Å². The second kappa shape index (κ2) is 5.52. The number of benzene rings is 2. The van der Waals surface area contributed by atoms with Crippen LogP contribution >= 0.6 is 11.1 Å². The van der Waals surface area contributed by atoms with E-state index in [0.717, 1.165) is 12.5 Å². The van der Waals surface area contributed by atoms with Crippen molar-refractivity contribution in [3.05, 3.63) is 66.2 Å². The van der Waals surface area contributed by atoms with Crippen LogP contribution in [-0.4, -0.2) is 7.38 Å². The molecule has 0 nitrogen and oxygen atoms in total. The molecule has 0 aromatic heterocycles. The summed E-state index contributed by atoms with van der Waals surface area (Å²) < 4.78 is 0. The van der Waals surface area contributed by atoms with Gasteiger partial charge < -0.3 is 0 Å². The zero-order valence-electron chi connectivity index (χ0n) is 10.1. The Hall–Kier alpha value is -1.05. The second-order valence-corrected chi connectivity index (χ2v) is 10.5. The van der Waals surface area contributed by atoms with Crippen molar-refractivity contribution in [2.24, 2.45) is 0 Å². The van der Waals surface area contributed by atoms with Gasteiger partial charge >= 0.3 is 0 Å². The molecule has 2 rings (SSSR count). The molecule has 88 valence electrons. The zero-order valence-corrected chi connectivity index (χ0v) is 11.8. The van der Waals surface area contributed by atoms with Crippen molar-refractivity contribution in [2.45, 2.75) is 19.0 Å². The lowest BCUT2D eigenvalue weighted by molar-refractivity contribution is 1.11. The minimum atomic E-state index is -1.79. The van der Waals surface area contributed by atoms with Crippen molar-refractivity contribution in [1.82, 2.24) is 0 Å². The van der Waals surface area contributed by atoms with Crippen LogP contribution in [0.4, 0.5) is 0 Å². The molecule has 2 aromatic rings. The first-order chi connectivity index (χ1) is 8.18. The van der Waals surface area contributed by atoms with Gasteiger partial charge in [-0.1, -0.05) is 67.2 Å². The first-order valence-electron chi connectivity index (χ1n) is 5.97. The molecule has 0 radical (unpaired) electrons. The summed E-state index contributed by atoms with van der Waals surface area (Å²) in [5.41, 5.74) is 1.38. The van der Waals surface area contributed by atoms with Gasteiger partial charge in [-0.05, 0) is 23.2 Å². The molecule has 0 amide bonds.